The molecule has 1 aliphatic rings. The molecule has 4 nitrogen and oxygen atoms in total. The Morgan fingerprint density at radius 2 is 1.68 bits per heavy atom. The summed E-state index contributed by atoms with van der Waals surface area (Å²) in [6.45, 7) is 2.42. The van der Waals surface area contributed by atoms with Crippen molar-refractivity contribution in [1.29, 1.82) is 0 Å². The predicted molar refractivity (Wildman–Crippen MR) is 114 cm³/mol. The first-order valence-electron chi connectivity index (χ1n) is 10.3. The molecule has 1 heterocycles. The Bertz CT molecular complexity index is 897. The van der Waals surface area contributed by atoms with Crippen molar-refractivity contribution in [3.63, 3.8) is 0 Å². The van der Waals surface area contributed by atoms with Gasteiger partial charge >= 0.3 is 0 Å². The summed E-state index contributed by atoms with van der Waals surface area (Å²) in [6, 6.07) is 20.7. The largest absolute Gasteiger partial charge is 0.311 e. The van der Waals surface area contributed by atoms with Crippen molar-refractivity contribution in [3.05, 3.63) is 83.6 Å². The lowest BCUT2D eigenvalue weighted by Crippen LogP contribution is -2.17. The van der Waals surface area contributed by atoms with Crippen LogP contribution in [0.4, 0.5) is 0 Å². The van der Waals surface area contributed by atoms with Gasteiger partial charge < -0.3 is 5.32 Å². The molecule has 2 aromatic carbocycles. The van der Waals surface area contributed by atoms with Gasteiger partial charge in [0, 0.05) is 12.1 Å². The highest BCUT2D eigenvalue weighted by Gasteiger charge is 2.13. The molecule has 3 aromatic rings. The van der Waals surface area contributed by atoms with Crippen LogP contribution in [0.25, 0.3) is 11.3 Å². The minimum Gasteiger partial charge on any atom is -0.311 e. The number of rotatable bonds is 8. The lowest BCUT2D eigenvalue weighted by atomic mass is 9.97. The normalized spacial score (nSPS) is 14.1. The van der Waals surface area contributed by atoms with Crippen molar-refractivity contribution in [2.45, 2.75) is 45.2 Å². The van der Waals surface area contributed by atoms with Crippen molar-refractivity contribution in [1.82, 2.24) is 20.3 Å². The van der Waals surface area contributed by atoms with E-state index in [0.717, 1.165) is 36.5 Å². The fraction of sp³-hybridized carbons (Fsp3) is 0.333. The Morgan fingerprint density at radius 1 is 0.893 bits per heavy atom. The molecule has 0 aliphatic heterocycles. The molecule has 0 saturated heterocycles. The highest BCUT2D eigenvalue weighted by molar-refractivity contribution is 5.60. The zero-order valence-electron chi connectivity index (χ0n) is 16.3. The second kappa shape index (κ2) is 9.47. The van der Waals surface area contributed by atoms with Crippen LogP contribution in [0.3, 0.4) is 0 Å². The van der Waals surface area contributed by atoms with Crippen molar-refractivity contribution in [2.75, 3.05) is 6.54 Å². The summed E-state index contributed by atoms with van der Waals surface area (Å²) in [5.74, 6) is 0. The smallest absolute Gasteiger partial charge is 0.117 e. The molecule has 0 spiro atoms. The van der Waals surface area contributed by atoms with E-state index >= 15 is 0 Å². The number of nitrogens with zero attached hydrogens (tertiary/aromatic N) is 3. The fourth-order valence-corrected chi connectivity index (χ4v) is 3.73. The van der Waals surface area contributed by atoms with Crippen molar-refractivity contribution >= 4 is 0 Å². The van der Waals surface area contributed by atoms with Gasteiger partial charge in [-0.1, -0.05) is 72.3 Å². The molecular formula is C24H28N4. The van der Waals surface area contributed by atoms with Crippen LogP contribution in [-0.4, -0.2) is 21.5 Å². The average molecular weight is 373 g/mol. The van der Waals surface area contributed by atoms with E-state index in [1.54, 1.807) is 5.57 Å². The van der Waals surface area contributed by atoms with E-state index < -0.39 is 0 Å². The van der Waals surface area contributed by atoms with E-state index in [-0.39, 0.29) is 0 Å². The first kappa shape index (κ1) is 18.6. The molecule has 1 aliphatic carbocycles. The van der Waals surface area contributed by atoms with Gasteiger partial charge in [0.05, 0.1) is 6.54 Å². The SMILES string of the molecule is C1=C(CCNCc2nn(Cc3ccccc3)nc2-c2ccccc2)CCCC1. The third kappa shape index (κ3) is 4.96. The number of benzene rings is 2. The predicted octanol–water partition coefficient (Wildman–Crippen LogP) is 4.97. The molecule has 0 saturated carbocycles. The highest BCUT2D eigenvalue weighted by Crippen LogP contribution is 2.21. The minimum atomic E-state index is 0.688. The molecule has 0 fully saturated rings. The van der Waals surface area contributed by atoms with Gasteiger partial charge in [0.2, 0.25) is 0 Å². The molecular weight excluding hydrogens is 344 g/mol. The molecule has 1 aromatic heterocycles. The lowest BCUT2D eigenvalue weighted by molar-refractivity contribution is 0.574. The number of aromatic nitrogens is 3. The van der Waals surface area contributed by atoms with Crippen LogP contribution in [-0.2, 0) is 13.1 Å². The molecule has 144 valence electrons. The number of hydrogen-bond acceptors (Lipinski definition) is 3. The average Bonchev–Trinajstić information content (AvgIpc) is 3.16. The van der Waals surface area contributed by atoms with E-state index in [1.807, 2.05) is 16.9 Å². The first-order valence-corrected chi connectivity index (χ1v) is 10.3. The summed E-state index contributed by atoms with van der Waals surface area (Å²) in [4.78, 5) is 1.82. The Hall–Kier alpha value is -2.72. The molecule has 0 unspecified atom stereocenters. The quantitative estimate of drug-likeness (QED) is 0.448. The summed E-state index contributed by atoms with van der Waals surface area (Å²) in [7, 11) is 0. The van der Waals surface area contributed by atoms with Crippen LogP contribution < -0.4 is 5.32 Å². The zero-order chi connectivity index (χ0) is 19.0. The summed E-state index contributed by atoms with van der Waals surface area (Å²) < 4.78 is 0. The van der Waals surface area contributed by atoms with Gasteiger partial charge in [-0.25, -0.2) is 0 Å². The lowest BCUT2D eigenvalue weighted by Gasteiger charge is -2.12. The van der Waals surface area contributed by atoms with Gasteiger partial charge in [0.15, 0.2) is 0 Å². The van der Waals surface area contributed by atoms with Crippen LogP contribution in [0.5, 0.6) is 0 Å². The summed E-state index contributed by atoms with van der Waals surface area (Å²) in [5, 5.41) is 13.2. The molecule has 0 radical (unpaired) electrons. The van der Waals surface area contributed by atoms with Crippen LogP contribution in [0, 0.1) is 0 Å². The zero-order valence-corrected chi connectivity index (χ0v) is 16.3. The minimum absolute atomic E-state index is 0.688. The molecule has 0 amide bonds. The number of hydrogen-bond donors (Lipinski definition) is 1. The molecule has 4 rings (SSSR count). The van der Waals surface area contributed by atoms with Gasteiger partial charge in [-0.3, -0.25) is 0 Å². The Kier molecular flexibility index (Phi) is 6.30. The Morgan fingerprint density at radius 3 is 2.43 bits per heavy atom. The summed E-state index contributed by atoms with van der Waals surface area (Å²) in [5.41, 5.74) is 5.92. The van der Waals surface area contributed by atoms with Gasteiger partial charge in [-0.05, 0) is 44.2 Å². The third-order valence-corrected chi connectivity index (χ3v) is 5.24. The maximum atomic E-state index is 4.80. The topological polar surface area (TPSA) is 42.7 Å². The van der Waals surface area contributed by atoms with Crippen molar-refractivity contribution in [2.24, 2.45) is 0 Å². The maximum absolute atomic E-state index is 4.80. The summed E-state index contributed by atoms with van der Waals surface area (Å²) in [6.07, 6.45) is 8.78. The van der Waals surface area contributed by atoms with Crippen LogP contribution in [0.2, 0.25) is 0 Å². The molecule has 1 N–H and O–H groups in total. The van der Waals surface area contributed by atoms with E-state index in [9.17, 15) is 0 Å². The fourth-order valence-electron chi connectivity index (χ4n) is 3.73. The second-order valence-electron chi connectivity index (χ2n) is 7.41. The van der Waals surface area contributed by atoms with Gasteiger partial charge in [0.1, 0.15) is 11.4 Å². The van der Waals surface area contributed by atoms with E-state index in [4.69, 9.17) is 10.2 Å². The van der Waals surface area contributed by atoms with Crippen LogP contribution in [0.1, 0.15) is 43.4 Å². The van der Waals surface area contributed by atoms with Gasteiger partial charge in [-0.2, -0.15) is 15.0 Å². The van der Waals surface area contributed by atoms with Crippen molar-refractivity contribution < 1.29 is 0 Å². The molecule has 0 atom stereocenters. The van der Waals surface area contributed by atoms with E-state index in [2.05, 4.69) is 59.9 Å². The van der Waals surface area contributed by atoms with Gasteiger partial charge in [-0.15, -0.1) is 0 Å². The van der Waals surface area contributed by atoms with Crippen LogP contribution >= 0.6 is 0 Å². The molecule has 0 bridgehead atoms. The maximum Gasteiger partial charge on any atom is 0.117 e. The second-order valence-corrected chi connectivity index (χ2v) is 7.41. The van der Waals surface area contributed by atoms with Crippen LogP contribution in [0.15, 0.2) is 72.3 Å². The summed E-state index contributed by atoms with van der Waals surface area (Å²) >= 11 is 0. The number of nitrogens with one attached hydrogen (secondary N) is 1. The third-order valence-electron chi connectivity index (χ3n) is 5.24. The Balaban J connectivity index is 1.45. The van der Waals surface area contributed by atoms with Gasteiger partial charge in [0.25, 0.3) is 0 Å². The molecule has 4 heteroatoms. The van der Waals surface area contributed by atoms with E-state index in [0.29, 0.717) is 6.54 Å². The Labute approximate surface area is 167 Å². The number of allylic oxidation sites excluding steroid dienone is 1. The monoisotopic (exact) mass is 372 g/mol. The van der Waals surface area contributed by atoms with Crippen molar-refractivity contribution in [3.8, 4) is 11.3 Å². The highest BCUT2D eigenvalue weighted by atomic mass is 15.5. The standard InChI is InChI=1S/C24H28N4/c1-4-10-20(11-5-1)16-17-25-18-23-24(22-14-8-3-9-15-22)27-28(26-23)19-21-12-6-2-7-13-21/h2-3,6-10,12-15,25H,1,4-5,11,16-19H2. The first-order chi connectivity index (χ1) is 13.9. The van der Waals surface area contributed by atoms with E-state index in [1.165, 1.54) is 31.2 Å². The molecule has 28 heavy (non-hydrogen) atoms.